The Morgan fingerprint density at radius 3 is 2.61 bits per heavy atom. The molecule has 2 aromatic rings. The van der Waals surface area contributed by atoms with E-state index in [1.54, 1.807) is 29.2 Å². The van der Waals surface area contributed by atoms with E-state index in [9.17, 15) is 14.4 Å². The lowest BCUT2D eigenvalue weighted by atomic mass is 10.0. The zero-order chi connectivity index (χ0) is 22.8. The maximum atomic E-state index is 12.6. The third-order valence-electron chi connectivity index (χ3n) is 6.03. The van der Waals surface area contributed by atoms with Crippen molar-refractivity contribution in [3.63, 3.8) is 0 Å². The van der Waals surface area contributed by atoms with Crippen molar-refractivity contribution in [1.29, 1.82) is 0 Å². The van der Waals surface area contributed by atoms with Crippen LogP contribution in [0.5, 0.6) is 17.2 Å². The number of piperazine rings is 1. The van der Waals surface area contributed by atoms with Crippen molar-refractivity contribution in [2.75, 3.05) is 39.5 Å². The first-order chi connectivity index (χ1) is 16.0. The van der Waals surface area contributed by atoms with Crippen LogP contribution in [-0.2, 0) is 22.6 Å². The highest BCUT2D eigenvalue weighted by molar-refractivity contribution is 5.97. The molecule has 0 bridgehead atoms. The van der Waals surface area contributed by atoms with Gasteiger partial charge in [0.25, 0.3) is 0 Å². The van der Waals surface area contributed by atoms with Crippen molar-refractivity contribution in [3.05, 3.63) is 53.1 Å². The third kappa shape index (κ3) is 4.78. The van der Waals surface area contributed by atoms with E-state index >= 15 is 0 Å². The lowest BCUT2D eigenvalue weighted by molar-refractivity contribution is -0.131. The first kappa shape index (κ1) is 21.3. The fourth-order valence-corrected chi connectivity index (χ4v) is 4.11. The molecule has 33 heavy (non-hydrogen) atoms. The lowest BCUT2D eigenvalue weighted by Crippen LogP contribution is -2.49. The number of Topliss-reactive ketones (excluding diaryl/α,β-unsaturated/α-hetero) is 1. The average Bonchev–Trinajstić information content (AvgIpc) is 3.45. The van der Waals surface area contributed by atoms with Gasteiger partial charge in [-0.15, -0.1) is 0 Å². The quantitative estimate of drug-likeness (QED) is 0.375. The molecule has 0 radical (unpaired) electrons. The van der Waals surface area contributed by atoms with Gasteiger partial charge < -0.3 is 23.8 Å². The first-order valence-electron chi connectivity index (χ1n) is 10.9. The second-order valence-electron chi connectivity index (χ2n) is 8.22. The monoisotopic (exact) mass is 452 g/mol. The van der Waals surface area contributed by atoms with Crippen molar-refractivity contribution in [3.8, 4) is 17.2 Å². The van der Waals surface area contributed by atoms with Crippen LogP contribution >= 0.6 is 0 Å². The molecule has 0 atom stereocenters. The van der Waals surface area contributed by atoms with Gasteiger partial charge in [-0.05, 0) is 23.8 Å². The summed E-state index contributed by atoms with van der Waals surface area (Å²) < 4.78 is 21.2. The number of hydrogen-bond donors (Lipinski definition) is 0. The smallest absolute Gasteiger partial charge is 0.410 e. The van der Waals surface area contributed by atoms with Gasteiger partial charge in [-0.25, -0.2) is 4.79 Å². The van der Waals surface area contributed by atoms with Gasteiger partial charge in [0.05, 0.1) is 6.42 Å². The topological polar surface area (TPSA) is 94.6 Å². The van der Waals surface area contributed by atoms with E-state index in [-0.39, 0.29) is 37.7 Å². The number of carbonyl (C=O) groups is 3. The Morgan fingerprint density at radius 1 is 0.939 bits per heavy atom. The SMILES string of the molecule is O=C1Cc2ccc(C(=O)CCN3CCN(C(=O)OCc4ccc5c(c4)OCO5)CC3)cc2O1. The maximum Gasteiger partial charge on any atom is 0.410 e. The summed E-state index contributed by atoms with van der Waals surface area (Å²) in [4.78, 5) is 40.2. The van der Waals surface area contributed by atoms with Crippen molar-refractivity contribution in [2.45, 2.75) is 19.4 Å². The zero-order valence-corrected chi connectivity index (χ0v) is 18.1. The highest BCUT2D eigenvalue weighted by Gasteiger charge is 2.24. The number of carbonyl (C=O) groups excluding carboxylic acids is 3. The summed E-state index contributed by atoms with van der Waals surface area (Å²) >= 11 is 0. The third-order valence-corrected chi connectivity index (χ3v) is 6.03. The Bertz CT molecular complexity index is 1090. The molecule has 3 heterocycles. The lowest BCUT2D eigenvalue weighted by Gasteiger charge is -2.33. The summed E-state index contributed by atoms with van der Waals surface area (Å²) in [6, 6.07) is 10.6. The van der Waals surface area contributed by atoms with Gasteiger partial charge in [-0.2, -0.15) is 0 Å². The number of ketones is 1. The molecule has 5 rings (SSSR count). The normalized spacial score (nSPS) is 17.0. The van der Waals surface area contributed by atoms with Gasteiger partial charge in [-0.1, -0.05) is 18.2 Å². The molecule has 0 unspecified atom stereocenters. The Hall–Kier alpha value is -3.59. The van der Waals surface area contributed by atoms with Crippen LogP contribution < -0.4 is 14.2 Å². The summed E-state index contributed by atoms with van der Waals surface area (Å²) in [6.45, 7) is 3.42. The van der Waals surface area contributed by atoms with E-state index in [0.29, 0.717) is 62.0 Å². The molecule has 1 fully saturated rings. The molecule has 0 saturated carbocycles. The molecule has 0 N–H and O–H groups in total. The number of nitrogens with zero attached hydrogens (tertiary/aromatic N) is 2. The standard InChI is InChI=1S/C24H24N2O7/c27-19(17-2-3-18-13-23(28)33-21(18)12-17)5-6-25-7-9-26(10-8-25)24(29)30-14-16-1-4-20-22(11-16)32-15-31-20/h1-4,11-12H,5-10,13-15H2. The molecular weight excluding hydrogens is 428 g/mol. The molecule has 0 spiro atoms. The minimum absolute atomic E-state index is 0.00585. The minimum atomic E-state index is -0.351. The predicted octanol–water partition coefficient (Wildman–Crippen LogP) is 2.40. The van der Waals surface area contributed by atoms with E-state index in [4.69, 9.17) is 18.9 Å². The highest BCUT2D eigenvalue weighted by Crippen LogP contribution is 2.32. The van der Waals surface area contributed by atoms with Crippen molar-refractivity contribution in [1.82, 2.24) is 9.80 Å². The van der Waals surface area contributed by atoms with Gasteiger partial charge in [-0.3, -0.25) is 14.5 Å². The van der Waals surface area contributed by atoms with E-state index in [0.717, 1.165) is 11.1 Å². The van der Waals surface area contributed by atoms with E-state index in [2.05, 4.69) is 4.90 Å². The number of amides is 1. The second kappa shape index (κ2) is 9.11. The van der Waals surface area contributed by atoms with Gasteiger partial charge >= 0.3 is 12.1 Å². The van der Waals surface area contributed by atoms with Crippen LogP contribution in [0, 0.1) is 0 Å². The fourth-order valence-electron chi connectivity index (χ4n) is 4.11. The van der Waals surface area contributed by atoms with E-state index in [1.807, 2.05) is 12.1 Å². The zero-order valence-electron chi connectivity index (χ0n) is 18.1. The number of hydrogen-bond acceptors (Lipinski definition) is 8. The van der Waals surface area contributed by atoms with Crippen LogP contribution in [0.25, 0.3) is 0 Å². The summed E-state index contributed by atoms with van der Waals surface area (Å²) in [5.74, 6) is 1.55. The molecule has 3 aliphatic heterocycles. The van der Waals surface area contributed by atoms with Crippen molar-refractivity contribution in [2.24, 2.45) is 0 Å². The molecule has 9 heteroatoms. The van der Waals surface area contributed by atoms with Gasteiger partial charge in [0.15, 0.2) is 17.3 Å². The molecule has 0 aromatic heterocycles. The Labute approximate surface area is 190 Å². The first-order valence-corrected chi connectivity index (χ1v) is 10.9. The Morgan fingerprint density at radius 2 is 1.76 bits per heavy atom. The minimum Gasteiger partial charge on any atom is -0.454 e. The van der Waals surface area contributed by atoms with Crippen LogP contribution in [0.1, 0.15) is 27.9 Å². The molecule has 172 valence electrons. The van der Waals surface area contributed by atoms with Gasteiger partial charge in [0.2, 0.25) is 6.79 Å². The van der Waals surface area contributed by atoms with Crippen LogP contribution in [0.2, 0.25) is 0 Å². The number of ether oxygens (including phenoxy) is 4. The molecule has 1 saturated heterocycles. The van der Waals surface area contributed by atoms with Crippen LogP contribution in [0.4, 0.5) is 4.79 Å². The van der Waals surface area contributed by atoms with E-state index < -0.39 is 0 Å². The second-order valence-corrected chi connectivity index (χ2v) is 8.22. The number of benzene rings is 2. The van der Waals surface area contributed by atoms with Gasteiger partial charge in [0.1, 0.15) is 12.4 Å². The number of fused-ring (bicyclic) bond motifs is 2. The van der Waals surface area contributed by atoms with Crippen molar-refractivity contribution < 1.29 is 33.3 Å². The molecule has 0 aliphatic carbocycles. The summed E-state index contributed by atoms with van der Waals surface area (Å²) in [7, 11) is 0. The van der Waals surface area contributed by atoms with Crippen LogP contribution in [0.15, 0.2) is 36.4 Å². The maximum absolute atomic E-state index is 12.6. The van der Waals surface area contributed by atoms with Crippen molar-refractivity contribution >= 4 is 17.8 Å². The molecule has 2 aromatic carbocycles. The Kier molecular flexibility index (Phi) is 5.87. The Balaban J connectivity index is 1.05. The molecule has 9 nitrogen and oxygen atoms in total. The fraction of sp³-hybridized carbons (Fsp3) is 0.375. The van der Waals surface area contributed by atoms with Crippen LogP contribution in [-0.4, -0.2) is 67.2 Å². The van der Waals surface area contributed by atoms with Gasteiger partial charge in [0, 0.05) is 50.3 Å². The van der Waals surface area contributed by atoms with E-state index in [1.165, 1.54) is 0 Å². The molecule has 3 aliphatic rings. The summed E-state index contributed by atoms with van der Waals surface area (Å²) in [5, 5.41) is 0. The number of rotatable bonds is 6. The van der Waals surface area contributed by atoms with Crippen LogP contribution in [0.3, 0.4) is 0 Å². The molecular formula is C24H24N2O7. The highest BCUT2D eigenvalue weighted by atomic mass is 16.7. The largest absolute Gasteiger partial charge is 0.454 e. The predicted molar refractivity (Wildman–Crippen MR) is 115 cm³/mol. The average molecular weight is 452 g/mol. The summed E-state index contributed by atoms with van der Waals surface area (Å²) in [5.41, 5.74) is 2.21. The number of esters is 1. The summed E-state index contributed by atoms with van der Waals surface area (Å²) in [6.07, 6.45) is 0.269. The molecule has 1 amide bonds.